The van der Waals surface area contributed by atoms with E-state index in [1.807, 2.05) is 13.0 Å². The van der Waals surface area contributed by atoms with Gasteiger partial charge in [0, 0.05) is 29.7 Å². The molecule has 1 saturated heterocycles. The van der Waals surface area contributed by atoms with Crippen molar-refractivity contribution in [1.82, 2.24) is 4.31 Å². The lowest BCUT2D eigenvalue weighted by molar-refractivity contribution is 0.0998. The number of hydrogen-bond donors (Lipinski definition) is 1. The standard InChI is InChI=1S/C23H26N2O5S/c1-16-20-15-18(29-2)9-12-21(20)30-22(16)23(26)24-17-7-10-19(11-8-17)31(27,28)25-13-5-3-4-6-14-25/h7-12,15H,3-6,13-14H2,1-2H3,(H,24,26). The van der Waals surface area contributed by atoms with Gasteiger partial charge in [-0.2, -0.15) is 4.31 Å². The van der Waals surface area contributed by atoms with E-state index in [4.69, 9.17) is 9.15 Å². The molecule has 0 bridgehead atoms. The van der Waals surface area contributed by atoms with Gasteiger partial charge in [0.15, 0.2) is 5.76 Å². The second-order valence-electron chi connectivity index (χ2n) is 7.72. The number of anilines is 1. The van der Waals surface area contributed by atoms with Crippen LogP contribution in [0, 0.1) is 6.92 Å². The number of nitrogens with zero attached hydrogens (tertiary/aromatic N) is 1. The SMILES string of the molecule is COc1ccc2oc(C(=O)Nc3ccc(S(=O)(=O)N4CCCCCC4)cc3)c(C)c2c1. The van der Waals surface area contributed by atoms with E-state index in [2.05, 4.69) is 5.32 Å². The normalized spacial score (nSPS) is 15.5. The highest BCUT2D eigenvalue weighted by Crippen LogP contribution is 2.29. The summed E-state index contributed by atoms with van der Waals surface area (Å²) in [5, 5.41) is 3.59. The molecule has 0 saturated carbocycles. The van der Waals surface area contributed by atoms with Crippen molar-refractivity contribution >= 4 is 32.6 Å². The Morgan fingerprint density at radius 3 is 2.35 bits per heavy atom. The molecular formula is C23H26N2O5S. The molecular weight excluding hydrogens is 416 g/mol. The highest BCUT2D eigenvalue weighted by atomic mass is 32.2. The molecule has 1 aliphatic heterocycles. The first-order chi connectivity index (χ1) is 14.9. The molecule has 2 aromatic carbocycles. The lowest BCUT2D eigenvalue weighted by atomic mass is 10.1. The monoisotopic (exact) mass is 442 g/mol. The Kier molecular flexibility index (Phi) is 6.02. The topological polar surface area (TPSA) is 88.8 Å². The van der Waals surface area contributed by atoms with Crippen LogP contribution in [0.4, 0.5) is 5.69 Å². The van der Waals surface area contributed by atoms with E-state index in [1.54, 1.807) is 35.7 Å². The first kappa shape index (κ1) is 21.4. The first-order valence-electron chi connectivity index (χ1n) is 10.4. The zero-order valence-corrected chi connectivity index (χ0v) is 18.5. The molecule has 0 radical (unpaired) electrons. The van der Waals surface area contributed by atoms with Crippen LogP contribution in [-0.4, -0.2) is 38.8 Å². The zero-order chi connectivity index (χ0) is 22.0. The van der Waals surface area contributed by atoms with Crippen molar-refractivity contribution in [2.45, 2.75) is 37.5 Å². The van der Waals surface area contributed by atoms with E-state index >= 15 is 0 Å². The molecule has 0 atom stereocenters. The molecule has 0 spiro atoms. The molecule has 1 amide bonds. The number of sulfonamides is 1. The minimum atomic E-state index is -3.52. The maximum absolute atomic E-state index is 12.9. The summed E-state index contributed by atoms with van der Waals surface area (Å²) in [6.07, 6.45) is 3.89. The van der Waals surface area contributed by atoms with Crippen LogP contribution in [0.15, 0.2) is 51.8 Å². The van der Waals surface area contributed by atoms with Gasteiger partial charge in [0.1, 0.15) is 11.3 Å². The Hall–Kier alpha value is -2.84. The molecule has 1 N–H and O–H groups in total. The molecule has 4 rings (SSSR count). The van der Waals surface area contributed by atoms with Crippen LogP contribution < -0.4 is 10.1 Å². The lowest BCUT2D eigenvalue weighted by Crippen LogP contribution is -2.31. The summed E-state index contributed by atoms with van der Waals surface area (Å²) in [4.78, 5) is 13.0. The van der Waals surface area contributed by atoms with Gasteiger partial charge >= 0.3 is 0 Å². The minimum Gasteiger partial charge on any atom is -0.497 e. The van der Waals surface area contributed by atoms with E-state index in [-0.39, 0.29) is 10.7 Å². The molecule has 1 fully saturated rings. The van der Waals surface area contributed by atoms with Crippen LogP contribution in [0.25, 0.3) is 11.0 Å². The number of methoxy groups -OCH3 is 1. The first-order valence-corrected chi connectivity index (χ1v) is 11.8. The summed E-state index contributed by atoms with van der Waals surface area (Å²) in [7, 11) is -1.94. The second-order valence-corrected chi connectivity index (χ2v) is 9.65. The van der Waals surface area contributed by atoms with E-state index in [9.17, 15) is 13.2 Å². The van der Waals surface area contributed by atoms with Gasteiger partial charge in [-0.15, -0.1) is 0 Å². The number of amides is 1. The molecule has 0 aliphatic carbocycles. The van der Waals surface area contributed by atoms with Crippen molar-refractivity contribution in [3.05, 3.63) is 53.8 Å². The summed E-state index contributed by atoms with van der Waals surface area (Å²) in [5.74, 6) is 0.505. The third kappa shape index (κ3) is 4.31. The number of nitrogens with one attached hydrogen (secondary N) is 1. The molecule has 8 heteroatoms. The van der Waals surface area contributed by atoms with E-state index in [0.717, 1.165) is 31.1 Å². The molecule has 1 aromatic heterocycles. The van der Waals surface area contributed by atoms with Crippen LogP contribution in [0.1, 0.15) is 41.8 Å². The van der Waals surface area contributed by atoms with Crippen molar-refractivity contribution < 1.29 is 22.4 Å². The van der Waals surface area contributed by atoms with Crippen molar-refractivity contribution in [1.29, 1.82) is 0 Å². The summed E-state index contributed by atoms with van der Waals surface area (Å²) in [6.45, 7) is 2.92. The Balaban J connectivity index is 1.52. The smallest absolute Gasteiger partial charge is 0.291 e. The minimum absolute atomic E-state index is 0.213. The van der Waals surface area contributed by atoms with Crippen molar-refractivity contribution in [2.24, 2.45) is 0 Å². The molecule has 164 valence electrons. The number of benzene rings is 2. The third-order valence-electron chi connectivity index (χ3n) is 5.66. The maximum atomic E-state index is 12.9. The van der Waals surface area contributed by atoms with Crippen molar-refractivity contribution in [3.63, 3.8) is 0 Å². The third-order valence-corrected chi connectivity index (χ3v) is 7.58. The predicted octanol–water partition coefficient (Wildman–Crippen LogP) is 4.57. The number of furan rings is 1. The van der Waals surface area contributed by atoms with Crippen LogP contribution in [0.2, 0.25) is 0 Å². The van der Waals surface area contributed by atoms with Gasteiger partial charge in [-0.1, -0.05) is 12.8 Å². The van der Waals surface area contributed by atoms with Gasteiger partial charge in [0.05, 0.1) is 12.0 Å². The highest BCUT2D eigenvalue weighted by Gasteiger charge is 2.25. The number of ether oxygens (including phenoxy) is 1. The number of carbonyl (C=O) groups is 1. The number of rotatable bonds is 5. The fraction of sp³-hybridized carbons (Fsp3) is 0.348. The van der Waals surface area contributed by atoms with Gasteiger partial charge < -0.3 is 14.5 Å². The molecule has 2 heterocycles. The largest absolute Gasteiger partial charge is 0.497 e. The fourth-order valence-corrected chi connectivity index (χ4v) is 5.39. The highest BCUT2D eigenvalue weighted by molar-refractivity contribution is 7.89. The summed E-state index contributed by atoms with van der Waals surface area (Å²) >= 11 is 0. The Labute approximate surface area is 182 Å². The van der Waals surface area contributed by atoms with Crippen LogP contribution in [0.5, 0.6) is 5.75 Å². The molecule has 7 nitrogen and oxygen atoms in total. The fourth-order valence-electron chi connectivity index (χ4n) is 3.87. The van der Waals surface area contributed by atoms with E-state index < -0.39 is 15.9 Å². The number of aryl methyl sites for hydroxylation is 1. The quantitative estimate of drug-likeness (QED) is 0.625. The average molecular weight is 443 g/mol. The van der Waals surface area contributed by atoms with Gasteiger partial charge in [0.25, 0.3) is 5.91 Å². The van der Waals surface area contributed by atoms with E-state index in [0.29, 0.717) is 35.7 Å². The molecule has 31 heavy (non-hydrogen) atoms. The Bertz CT molecular complexity index is 1190. The molecule has 3 aromatic rings. The summed E-state index contributed by atoms with van der Waals surface area (Å²) < 4.78 is 38.3. The molecule has 1 aliphatic rings. The zero-order valence-electron chi connectivity index (χ0n) is 17.7. The number of hydrogen-bond acceptors (Lipinski definition) is 5. The predicted molar refractivity (Wildman–Crippen MR) is 119 cm³/mol. The number of carbonyl (C=O) groups excluding carboxylic acids is 1. The van der Waals surface area contributed by atoms with Crippen LogP contribution in [0.3, 0.4) is 0 Å². The van der Waals surface area contributed by atoms with Crippen LogP contribution in [-0.2, 0) is 10.0 Å². The average Bonchev–Trinajstić information content (AvgIpc) is 2.94. The van der Waals surface area contributed by atoms with Crippen molar-refractivity contribution in [3.8, 4) is 5.75 Å². The summed E-state index contributed by atoms with van der Waals surface area (Å²) in [5.41, 5.74) is 1.81. The van der Waals surface area contributed by atoms with Gasteiger partial charge in [-0.05, 0) is 62.2 Å². The Morgan fingerprint density at radius 1 is 1.03 bits per heavy atom. The van der Waals surface area contributed by atoms with Gasteiger partial charge in [-0.25, -0.2) is 8.42 Å². The van der Waals surface area contributed by atoms with Crippen molar-refractivity contribution in [2.75, 3.05) is 25.5 Å². The maximum Gasteiger partial charge on any atom is 0.291 e. The second kappa shape index (κ2) is 8.72. The summed E-state index contributed by atoms with van der Waals surface area (Å²) in [6, 6.07) is 11.6. The lowest BCUT2D eigenvalue weighted by Gasteiger charge is -2.20. The molecule has 0 unspecified atom stereocenters. The van der Waals surface area contributed by atoms with Gasteiger partial charge in [0.2, 0.25) is 10.0 Å². The van der Waals surface area contributed by atoms with Gasteiger partial charge in [-0.3, -0.25) is 4.79 Å². The van der Waals surface area contributed by atoms with E-state index in [1.165, 1.54) is 12.1 Å². The Morgan fingerprint density at radius 2 is 1.71 bits per heavy atom. The number of fused-ring (bicyclic) bond motifs is 1. The van der Waals surface area contributed by atoms with Crippen LogP contribution >= 0.6 is 0 Å².